The Balaban J connectivity index is 2.15. The van der Waals surface area contributed by atoms with E-state index >= 15 is 0 Å². The number of aromatic nitrogens is 1. The third-order valence-corrected chi connectivity index (χ3v) is 4.98. The molecule has 1 amide bonds. The molecule has 1 fully saturated rings. The molecule has 1 aliphatic heterocycles. The van der Waals surface area contributed by atoms with Gasteiger partial charge in [-0.25, -0.2) is 8.42 Å². The molecule has 0 radical (unpaired) electrons. The molecule has 2 rings (SSSR count). The number of pyridine rings is 1. The van der Waals surface area contributed by atoms with Crippen LogP contribution in [-0.2, 0) is 21.2 Å². The lowest BCUT2D eigenvalue weighted by atomic mass is 10.1. The lowest BCUT2D eigenvalue weighted by Gasteiger charge is -2.22. The van der Waals surface area contributed by atoms with Crippen molar-refractivity contribution in [2.24, 2.45) is 0 Å². The highest BCUT2D eigenvalue weighted by atomic mass is 32.2. The van der Waals surface area contributed by atoms with Gasteiger partial charge in [-0.3, -0.25) is 9.78 Å². The summed E-state index contributed by atoms with van der Waals surface area (Å²) in [7, 11) is -1.61. The third kappa shape index (κ3) is 4.01. The van der Waals surface area contributed by atoms with Crippen LogP contribution < -0.4 is 5.32 Å². The fraction of sp³-hybridized carbons (Fsp3) is 0.571. The number of carbonyl (C=O) groups excluding carboxylic acids is 1. The topological polar surface area (TPSA) is 79.4 Å². The number of nitrogens with zero attached hydrogens (tertiary/aromatic N) is 2. The van der Waals surface area contributed by atoms with E-state index < -0.39 is 10.0 Å². The van der Waals surface area contributed by atoms with E-state index in [1.54, 1.807) is 7.05 Å². The Morgan fingerprint density at radius 2 is 2.24 bits per heavy atom. The molecule has 1 aromatic heterocycles. The minimum atomic E-state index is -3.21. The number of hydrogen-bond acceptors (Lipinski definition) is 4. The summed E-state index contributed by atoms with van der Waals surface area (Å²) < 4.78 is 25.1. The normalized spacial score (nSPS) is 19.6. The summed E-state index contributed by atoms with van der Waals surface area (Å²) in [5.41, 5.74) is 1.59. The van der Waals surface area contributed by atoms with E-state index in [-0.39, 0.29) is 11.9 Å². The van der Waals surface area contributed by atoms with E-state index in [0.717, 1.165) is 24.2 Å². The number of carbonyl (C=O) groups is 1. The van der Waals surface area contributed by atoms with E-state index in [4.69, 9.17) is 0 Å². The second-order valence-corrected chi connectivity index (χ2v) is 7.19. The van der Waals surface area contributed by atoms with Crippen LogP contribution in [0.2, 0.25) is 0 Å². The highest BCUT2D eigenvalue weighted by Crippen LogP contribution is 2.32. The van der Waals surface area contributed by atoms with Crippen molar-refractivity contribution >= 4 is 15.9 Å². The Morgan fingerprint density at radius 1 is 1.48 bits per heavy atom. The van der Waals surface area contributed by atoms with Crippen LogP contribution in [0.3, 0.4) is 0 Å². The van der Waals surface area contributed by atoms with Gasteiger partial charge in [0.25, 0.3) is 0 Å². The Kier molecular flexibility index (Phi) is 4.95. The molecule has 0 aromatic carbocycles. The number of rotatable bonds is 5. The molecule has 1 saturated heterocycles. The van der Waals surface area contributed by atoms with E-state index in [2.05, 4.69) is 10.3 Å². The molecule has 1 aliphatic rings. The molecule has 1 atom stereocenters. The average molecular weight is 311 g/mol. The summed E-state index contributed by atoms with van der Waals surface area (Å²) in [6, 6.07) is 5.42. The summed E-state index contributed by atoms with van der Waals surface area (Å²) in [5.74, 6) is -0.0270. The predicted molar refractivity (Wildman–Crippen MR) is 80.1 cm³/mol. The monoisotopic (exact) mass is 311 g/mol. The van der Waals surface area contributed by atoms with Crippen molar-refractivity contribution in [2.45, 2.75) is 31.7 Å². The van der Waals surface area contributed by atoms with Crippen molar-refractivity contribution in [3.63, 3.8) is 0 Å². The fourth-order valence-electron chi connectivity index (χ4n) is 2.62. The molecule has 1 N–H and O–H groups in total. The number of amides is 1. The van der Waals surface area contributed by atoms with Gasteiger partial charge in [-0.05, 0) is 31.4 Å². The van der Waals surface area contributed by atoms with Crippen molar-refractivity contribution < 1.29 is 13.2 Å². The SMILES string of the molecule is CNC(=O)CCc1cccc(C2CCCN2S(C)(=O)=O)n1. The molecule has 2 heterocycles. The largest absolute Gasteiger partial charge is 0.359 e. The fourth-order valence-corrected chi connectivity index (χ4v) is 3.76. The average Bonchev–Trinajstić information content (AvgIpc) is 2.94. The van der Waals surface area contributed by atoms with Crippen LogP contribution in [-0.4, -0.2) is 43.5 Å². The number of hydrogen-bond donors (Lipinski definition) is 1. The third-order valence-electron chi connectivity index (χ3n) is 3.69. The first kappa shape index (κ1) is 15.9. The molecule has 0 spiro atoms. The van der Waals surface area contributed by atoms with Crippen molar-refractivity contribution in [3.8, 4) is 0 Å². The summed E-state index contributed by atoms with van der Waals surface area (Å²) >= 11 is 0. The van der Waals surface area contributed by atoms with Gasteiger partial charge in [0.05, 0.1) is 18.0 Å². The molecule has 0 saturated carbocycles. The number of sulfonamides is 1. The van der Waals surface area contributed by atoms with Gasteiger partial charge >= 0.3 is 0 Å². The lowest BCUT2D eigenvalue weighted by Crippen LogP contribution is -2.30. The Hall–Kier alpha value is -1.47. The van der Waals surface area contributed by atoms with Crippen LogP contribution in [0.4, 0.5) is 0 Å². The summed E-state index contributed by atoms with van der Waals surface area (Å²) in [6.45, 7) is 0.549. The van der Waals surface area contributed by atoms with Gasteiger partial charge in [0, 0.05) is 25.7 Å². The van der Waals surface area contributed by atoms with Crippen molar-refractivity contribution in [3.05, 3.63) is 29.6 Å². The van der Waals surface area contributed by atoms with Crippen LogP contribution in [0.15, 0.2) is 18.2 Å². The lowest BCUT2D eigenvalue weighted by molar-refractivity contribution is -0.120. The second kappa shape index (κ2) is 6.53. The Labute approximate surface area is 125 Å². The quantitative estimate of drug-likeness (QED) is 0.874. The van der Waals surface area contributed by atoms with Crippen LogP contribution in [0.5, 0.6) is 0 Å². The highest BCUT2D eigenvalue weighted by molar-refractivity contribution is 7.88. The minimum Gasteiger partial charge on any atom is -0.359 e. The molecule has 1 aromatic rings. The zero-order valence-corrected chi connectivity index (χ0v) is 13.2. The summed E-state index contributed by atoms with van der Waals surface area (Å²) in [6.07, 6.45) is 3.81. The van der Waals surface area contributed by atoms with Gasteiger partial charge < -0.3 is 5.32 Å². The van der Waals surface area contributed by atoms with Crippen LogP contribution in [0.1, 0.15) is 36.7 Å². The highest BCUT2D eigenvalue weighted by Gasteiger charge is 2.33. The number of aryl methyl sites for hydroxylation is 1. The predicted octanol–water partition coefficient (Wildman–Crippen LogP) is 0.857. The van der Waals surface area contributed by atoms with Gasteiger partial charge in [-0.1, -0.05) is 6.07 Å². The summed E-state index contributed by atoms with van der Waals surface area (Å²) in [5, 5.41) is 2.58. The van der Waals surface area contributed by atoms with Crippen molar-refractivity contribution in [2.75, 3.05) is 19.8 Å². The maximum absolute atomic E-state index is 11.8. The van der Waals surface area contributed by atoms with Crippen LogP contribution in [0, 0.1) is 0 Å². The molecule has 21 heavy (non-hydrogen) atoms. The van der Waals surface area contributed by atoms with Crippen molar-refractivity contribution in [1.82, 2.24) is 14.6 Å². The van der Waals surface area contributed by atoms with E-state index in [9.17, 15) is 13.2 Å². The second-order valence-electron chi connectivity index (χ2n) is 5.26. The Morgan fingerprint density at radius 3 is 2.90 bits per heavy atom. The van der Waals surface area contributed by atoms with E-state index in [1.807, 2.05) is 18.2 Å². The van der Waals surface area contributed by atoms with Gasteiger partial charge in [0.1, 0.15) is 0 Å². The maximum atomic E-state index is 11.8. The summed E-state index contributed by atoms with van der Waals surface area (Å²) in [4.78, 5) is 15.8. The molecular weight excluding hydrogens is 290 g/mol. The first-order valence-electron chi connectivity index (χ1n) is 7.05. The zero-order valence-electron chi connectivity index (χ0n) is 12.4. The smallest absolute Gasteiger partial charge is 0.220 e. The van der Waals surface area contributed by atoms with E-state index in [0.29, 0.717) is 19.4 Å². The minimum absolute atomic E-state index is 0.0270. The van der Waals surface area contributed by atoms with Gasteiger partial charge in [-0.2, -0.15) is 4.31 Å². The number of nitrogens with one attached hydrogen (secondary N) is 1. The first-order valence-corrected chi connectivity index (χ1v) is 8.90. The first-order chi connectivity index (χ1) is 9.91. The van der Waals surface area contributed by atoms with Gasteiger partial charge in [-0.15, -0.1) is 0 Å². The molecular formula is C14H21N3O3S. The van der Waals surface area contributed by atoms with Crippen LogP contribution in [0.25, 0.3) is 0 Å². The van der Waals surface area contributed by atoms with E-state index in [1.165, 1.54) is 10.6 Å². The maximum Gasteiger partial charge on any atom is 0.220 e. The standard InChI is InChI=1S/C14H21N3O3S/c1-15-14(18)9-8-11-5-3-6-12(16-11)13-7-4-10-17(13)21(2,19)20/h3,5-6,13H,4,7-10H2,1-2H3,(H,15,18). The molecule has 0 aliphatic carbocycles. The molecule has 1 unspecified atom stereocenters. The zero-order chi connectivity index (χ0) is 15.5. The Bertz CT molecular complexity index is 616. The molecule has 0 bridgehead atoms. The van der Waals surface area contributed by atoms with Gasteiger partial charge in [0.15, 0.2) is 0 Å². The molecule has 116 valence electrons. The molecule has 7 heteroatoms. The van der Waals surface area contributed by atoms with Crippen molar-refractivity contribution in [1.29, 1.82) is 0 Å². The molecule has 6 nitrogen and oxygen atoms in total. The van der Waals surface area contributed by atoms with Crippen LogP contribution >= 0.6 is 0 Å². The van der Waals surface area contributed by atoms with Gasteiger partial charge in [0.2, 0.25) is 15.9 Å².